The second-order valence-electron chi connectivity index (χ2n) is 16.0. The quantitative estimate of drug-likeness (QED) is 0.180. The number of nitrogens with zero attached hydrogens (tertiary/aromatic N) is 4. The maximum Gasteiger partial charge on any atom is 0.238 e. The summed E-state index contributed by atoms with van der Waals surface area (Å²) in [4.78, 5) is 16.2. The molecule has 0 spiro atoms. The normalized spacial score (nSPS) is 13.1. The Bertz CT molecular complexity index is 3400. The minimum absolute atomic E-state index is 0.200. The molecule has 0 atom stereocenters. The Balaban J connectivity index is 1.21. The first-order valence-corrected chi connectivity index (χ1v) is 19.9. The van der Waals surface area contributed by atoms with E-state index in [2.05, 4.69) is 200 Å². The third-order valence-corrected chi connectivity index (χ3v) is 12.4. The lowest BCUT2D eigenvalue weighted by molar-refractivity contribution is 0.662. The van der Waals surface area contributed by atoms with Gasteiger partial charge in [0.15, 0.2) is 11.6 Å². The smallest absolute Gasteiger partial charge is 0.238 e. The van der Waals surface area contributed by atoms with Gasteiger partial charge in [-0.25, -0.2) is 4.98 Å². The summed E-state index contributed by atoms with van der Waals surface area (Å²) in [5.74, 6) is 1.84. The lowest BCUT2D eigenvalue weighted by atomic mass is 9.78. The van der Waals surface area contributed by atoms with E-state index >= 15 is 0 Å². The highest BCUT2D eigenvalue weighted by Crippen LogP contribution is 2.53. The minimum Gasteiger partial charge on any atom is -0.277 e. The fourth-order valence-corrected chi connectivity index (χ4v) is 9.70. The van der Waals surface area contributed by atoms with Gasteiger partial charge in [0.05, 0.1) is 11.0 Å². The van der Waals surface area contributed by atoms with Crippen LogP contribution in [0, 0.1) is 0 Å². The van der Waals surface area contributed by atoms with Crippen LogP contribution in [0.2, 0.25) is 0 Å². The van der Waals surface area contributed by atoms with Crippen LogP contribution in [0.5, 0.6) is 0 Å². The number of aromatic nitrogens is 4. The Morgan fingerprint density at radius 2 is 0.879 bits per heavy atom. The van der Waals surface area contributed by atoms with E-state index in [0.717, 1.165) is 60.0 Å². The van der Waals surface area contributed by atoms with Crippen molar-refractivity contribution in [3.05, 3.63) is 193 Å². The highest BCUT2D eigenvalue weighted by Gasteiger charge is 2.38. The van der Waals surface area contributed by atoms with Crippen molar-refractivity contribution in [2.75, 3.05) is 0 Å². The third-order valence-electron chi connectivity index (χ3n) is 12.4. The first-order chi connectivity index (χ1) is 28.5. The molecule has 4 nitrogen and oxygen atoms in total. The maximum atomic E-state index is 5.46. The van der Waals surface area contributed by atoms with Gasteiger partial charge in [-0.05, 0) is 66.9 Å². The molecule has 12 rings (SSSR count). The van der Waals surface area contributed by atoms with Crippen molar-refractivity contribution in [1.29, 1.82) is 0 Å². The van der Waals surface area contributed by atoms with Crippen LogP contribution >= 0.6 is 0 Å². The molecule has 2 heterocycles. The summed E-state index contributed by atoms with van der Waals surface area (Å²) in [5, 5.41) is 9.25. The summed E-state index contributed by atoms with van der Waals surface area (Å²) in [5.41, 5.74) is 11.5. The van der Waals surface area contributed by atoms with Crippen LogP contribution in [0.25, 0.3) is 105 Å². The number of hydrogen-bond acceptors (Lipinski definition) is 3. The maximum absolute atomic E-state index is 5.46. The highest BCUT2D eigenvalue weighted by atomic mass is 15.2. The molecule has 9 aromatic carbocycles. The predicted octanol–water partition coefficient (Wildman–Crippen LogP) is 13.7. The van der Waals surface area contributed by atoms with Gasteiger partial charge in [0.2, 0.25) is 5.95 Å². The van der Waals surface area contributed by atoms with E-state index in [0.29, 0.717) is 17.6 Å². The standard InChI is InChI=1S/C54H36N4/c1-54(2)47-24-10-9-19-41(47)42-20-11-21-43(48(42)54)44-22-12-23-45-46-30-29-35-15-7-8-18-40(35)49(46)58(50(44)45)53-56-51(38-27-25-33-13-3-5-16-36(33)31-38)55-52(57-53)39-28-26-34-14-4-6-17-37(34)32-39/h3-32H,1-2H3. The SMILES string of the molecule is CC1(C)c2ccccc2-c2cccc(-c3cccc4c5ccc6ccccc6c5n(-c5nc(-c6ccc7ccccc7c6)nc(-c6ccc7ccccc7c6)n5)c34)c21. The number of para-hydroxylation sites is 1. The summed E-state index contributed by atoms with van der Waals surface area (Å²) in [6.45, 7) is 4.73. The van der Waals surface area contributed by atoms with E-state index in [-0.39, 0.29) is 5.41 Å². The highest BCUT2D eigenvalue weighted by molar-refractivity contribution is 6.21. The van der Waals surface area contributed by atoms with Crippen LogP contribution in [0.4, 0.5) is 0 Å². The average Bonchev–Trinajstić information content (AvgIpc) is 3.75. The van der Waals surface area contributed by atoms with Crippen molar-refractivity contribution in [3.8, 4) is 51.0 Å². The van der Waals surface area contributed by atoms with Gasteiger partial charge >= 0.3 is 0 Å². The molecule has 2 aromatic heterocycles. The Kier molecular flexibility index (Phi) is 6.94. The zero-order valence-electron chi connectivity index (χ0n) is 32.1. The second-order valence-corrected chi connectivity index (χ2v) is 16.0. The fourth-order valence-electron chi connectivity index (χ4n) is 9.70. The number of hydrogen-bond donors (Lipinski definition) is 0. The van der Waals surface area contributed by atoms with E-state index in [4.69, 9.17) is 15.0 Å². The molecule has 0 radical (unpaired) electrons. The molecule has 4 heteroatoms. The first-order valence-electron chi connectivity index (χ1n) is 19.9. The molecular formula is C54H36N4. The van der Waals surface area contributed by atoms with E-state index in [1.54, 1.807) is 0 Å². The number of rotatable bonds is 4. The van der Waals surface area contributed by atoms with Crippen molar-refractivity contribution < 1.29 is 0 Å². The Morgan fingerprint density at radius 3 is 1.59 bits per heavy atom. The molecule has 0 amide bonds. The average molecular weight is 741 g/mol. The van der Waals surface area contributed by atoms with Crippen LogP contribution in [-0.4, -0.2) is 19.5 Å². The summed E-state index contributed by atoms with van der Waals surface area (Å²) < 4.78 is 2.33. The molecule has 0 aliphatic heterocycles. The molecule has 1 aliphatic rings. The Morgan fingerprint density at radius 1 is 0.379 bits per heavy atom. The van der Waals surface area contributed by atoms with E-state index < -0.39 is 0 Å². The molecule has 0 saturated heterocycles. The van der Waals surface area contributed by atoms with Crippen LogP contribution in [0.1, 0.15) is 25.0 Å². The zero-order valence-corrected chi connectivity index (χ0v) is 32.1. The lowest BCUT2D eigenvalue weighted by Gasteiger charge is -2.25. The summed E-state index contributed by atoms with van der Waals surface area (Å²) in [6.07, 6.45) is 0. The van der Waals surface area contributed by atoms with Crippen LogP contribution < -0.4 is 0 Å². The molecule has 272 valence electrons. The molecule has 58 heavy (non-hydrogen) atoms. The topological polar surface area (TPSA) is 43.6 Å². The molecule has 0 fully saturated rings. The van der Waals surface area contributed by atoms with Gasteiger partial charge < -0.3 is 0 Å². The number of benzene rings is 9. The summed E-state index contributed by atoms with van der Waals surface area (Å²) in [7, 11) is 0. The number of fused-ring (bicyclic) bond motifs is 10. The van der Waals surface area contributed by atoms with E-state index in [1.807, 2.05) is 0 Å². The van der Waals surface area contributed by atoms with Crippen molar-refractivity contribution >= 4 is 54.1 Å². The van der Waals surface area contributed by atoms with Crippen molar-refractivity contribution in [2.45, 2.75) is 19.3 Å². The van der Waals surface area contributed by atoms with E-state index in [9.17, 15) is 0 Å². The van der Waals surface area contributed by atoms with Gasteiger partial charge in [-0.15, -0.1) is 0 Å². The van der Waals surface area contributed by atoms with Gasteiger partial charge in [0, 0.05) is 38.3 Å². The monoisotopic (exact) mass is 740 g/mol. The first kappa shape index (κ1) is 32.8. The van der Waals surface area contributed by atoms with Gasteiger partial charge in [0.25, 0.3) is 0 Å². The van der Waals surface area contributed by atoms with Crippen LogP contribution in [0.3, 0.4) is 0 Å². The van der Waals surface area contributed by atoms with Gasteiger partial charge in [-0.2, -0.15) is 9.97 Å². The lowest BCUT2D eigenvalue weighted by Crippen LogP contribution is -2.16. The van der Waals surface area contributed by atoms with Crippen LogP contribution in [-0.2, 0) is 5.41 Å². The molecule has 0 N–H and O–H groups in total. The Labute approximate surface area is 335 Å². The van der Waals surface area contributed by atoms with Crippen molar-refractivity contribution in [1.82, 2.24) is 19.5 Å². The summed E-state index contributed by atoms with van der Waals surface area (Å²) in [6, 6.07) is 65.4. The van der Waals surface area contributed by atoms with Gasteiger partial charge in [0.1, 0.15) is 0 Å². The van der Waals surface area contributed by atoms with Crippen LogP contribution in [0.15, 0.2) is 182 Å². The predicted molar refractivity (Wildman–Crippen MR) is 241 cm³/mol. The van der Waals surface area contributed by atoms with Gasteiger partial charge in [-0.3, -0.25) is 4.57 Å². The molecule has 0 bridgehead atoms. The molecular weight excluding hydrogens is 705 g/mol. The molecule has 0 unspecified atom stereocenters. The van der Waals surface area contributed by atoms with E-state index in [1.165, 1.54) is 38.6 Å². The third kappa shape index (κ3) is 4.78. The molecule has 1 aliphatic carbocycles. The summed E-state index contributed by atoms with van der Waals surface area (Å²) >= 11 is 0. The zero-order chi connectivity index (χ0) is 38.5. The van der Waals surface area contributed by atoms with Crippen molar-refractivity contribution in [3.63, 3.8) is 0 Å². The largest absolute Gasteiger partial charge is 0.277 e. The minimum atomic E-state index is -0.200. The second kappa shape index (κ2) is 12.3. The van der Waals surface area contributed by atoms with Gasteiger partial charge in [-0.1, -0.05) is 184 Å². The molecule has 11 aromatic rings. The Hall–Kier alpha value is -7.43. The fraction of sp³-hybridized carbons (Fsp3) is 0.0556. The molecule has 0 saturated carbocycles. The van der Waals surface area contributed by atoms with Crippen molar-refractivity contribution in [2.24, 2.45) is 0 Å².